The molecule has 0 radical (unpaired) electrons. The number of carbonyl (C=O) groups excluding carboxylic acids is 1. The molecule has 0 saturated heterocycles. The molecule has 0 saturated carbocycles. The lowest BCUT2D eigenvalue weighted by molar-refractivity contribution is -0.0886. The van der Waals surface area contributed by atoms with Gasteiger partial charge >= 0.3 is 6.18 Å². The Morgan fingerprint density at radius 3 is 1.89 bits per heavy atom. The summed E-state index contributed by atoms with van der Waals surface area (Å²) in [5, 5.41) is -0.187. The van der Waals surface area contributed by atoms with Crippen molar-refractivity contribution in [2.24, 2.45) is 0 Å². The van der Waals surface area contributed by atoms with Crippen LogP contribution in [0.5, 0.6) is 17.2 Å². The van der Waals surface area contributed by atoms with Gasteiger partial charge in [-0.15, -0.1) is 0 Å². The van der Waals surface area contributed by atoms with Crippen LogP contribution in [0.15, 0.2) is 6.07 Å². The minimum atomic E-state index is -5.05. The number of Topliss-reactive ketones (excluding diaryl/α,β-unsaturated/α-hetero) is 1. The summed E-state index contributed by atoms with van der Waals surface area (Å²) in [5.74, 6) is -2.65. The third-order valence-corrected chi connectivity index (χ3v) is 2.54. The highest BCUT2D eigenvalue weighted by atomic mass is 35.5. The molecule has 0 heterocycles. The predicted molar refractivity (Wildman–Crippen MR) is 61.5 cm³/mol. The van der Waals surface area contributed by atoms with Gasteiger partial charge in [-0.2, -0.15) is 13.2 Å². The molecule has 0 aliphatic carbocycles. The van der Waals surface area contributed by atoms with E-state index in [-0.39, 0.29) is 22.3 Å². The van der Waals surface area contributed by atoms with E-state index in [4.69, 9.17) is 25.8 Å². The SMILES string of the molecule is COc1c(Cl)cc(C(=O)C(F)(F)F)c(OC)c1OC. The van der Waals surface area contributed by atoms with E-state index in [0.29, 0.717) is 0 Å². The minimum Gasteiger partial charge on any atom is -0.492 e. The number of carbonyl (C=O) groups is 1. The zero-order valence-electron chi connectivity index (χ0n) is 10.2. The van der Waals surface area contributed by atoms with Gasteiger partial charge in [-0.1, -0.05) is 11.6 Å². The summed E-state index contributed by atoms with van der Waals surface area (Å²) in [6, 6.07) is 0.831. The fourth-order valence-electron chi connectivity index (χ4n) is 1.49. The maximum atomic E-state index is 12.5. The van der Waals surface area contributed by atoms with Crippen LogP contribution in [0.3, 0.4) is 0 Å². The van der Waals surface area contributed by atoms with Gasteiger partial charge < -0.3 is 14.2 Å². The van der Waals surface area contributed by atoms with Gasteiger partial charge in [0.2, 0.25) is 5.75 Å². The van der Waals surface area contributed by atoms with Crippen LogP contribution in [0.1, 0.15) is 10.4 Å². The molecule has 0 unspecified atom stereocenters. The summed E-state index contributed by atoms with van der Waals surface area (Å²) in [4.78, 5) is 11.3. The first-order valence-electron chi connectivity index (χ1n) is 4.87. The van der Waals surface area contributed by atoms with E-state index >= 15 is 0 Å². The predicted octanol–water partition coefficient (Wildman–Crippen LogP) is 3.11. The second kappa shape index (κ2) is 5.56. The van der Waals surface area contributed by atoms with Gasteiger partial charge in [0.15, 0.2) is 11.5 Å². The molecule has 0 bridgehead atoms. The minimum absolute atomic E-state index is 0.0141. The fourth-order valence-corrected chi connectivity index (χ4v) is 1.76. The van der Waals surface area contributed by atoms with E-state index in [2.05, 4.69) is 0 Å². The van der Waals surface area contributed by atoms with E-state index in [1.165, 1.54) is 14.2 Å². The maximum Gasteiger partial charge on any atom is 0.455 e. The van der Waals surface area contributed by atoms with Crippen molar-refractivity contribution in [3.63, 3.8) is 0 Å². The van der Waals surface area contributed by atoms with Gasteiger partial charge in [-0.05, 0) is 6.07 Å². The highest BCUT2D eigenvalue weighted by Crippen LogP contribution is 2.46. The van der Waals surface area contributed by atoms with Crippen molar-refractivity contribution < 1.29 is 32.2 Å². The van der Waals surface area contributed by atoms with Crippen molar-refractivity contribution in [2.45, 2.75) is 6.18 Å². The lowest BCUT2D eigenvalue weighted by Crippen LogP contribution is -2.23. The molecule has 1 aromatic rings. The molecule has 0 amide bonds. The molecule has 106 valence electrons. The van der Waals surface area contributed by atoms with Crippen LogP contribution in [0, 0.1) is 0 Å². The summed E-state index contributed by atoms with van der Waals surface area (Å²) in [7, 11) is 3.56. The molecule has 19 heavy (non-hydrogen) atoms. The Kier molecular flexibility index (Phi) is 4.52. The summed E-state index contributed by atoms with van der Waals surface area (Å²) < 4.78 is 52.0. The zero-order valence-corrected chi connectivity index (χ0v) is 11.0. The first kappa shape index (κ1) is 15.4. The average molecular weight is 299 g/mol. The van der Waals surface area contributed by atoms with E-state index in [1.807, 2.05) is 0 Å². The smallest absolute Gasteiger partial charge is 0.455 e. The summed E-state index contributed by atoms with van der Waals surface area (Å²) in [6.45, 7) is 0. The molecule has 4 nitrogen and oxygen atoms in total. The van der Waals surface area contributed by atoms with Crippen LogP contribution in [-0.2, 0) is 0 Å². The van der Waals surface area contributed by atoms with E-state index in [1.54, 1.807) is 0 Å². The molecule has 0 N–H and O–H groups in total. The number of benzene rings is 1. The molecular weight excluding hydrogens is 289 g/mol. The monoisotopic (exact) mass is 298 g/mol. The van der Waals surface area contributed by atoms with Gasteiger partial charge in [0.1, 0.15) is 0 Å². The third-order valence-electron chi connectivity index (χ3n) is 2.26. The normalized spacial score (nSPS) is 11.1. The van der Waals surface area contributed by atoms with Crippen molar-refractivity contribution in [2.75, 3.05) is 21.3 Å². The topological polar surface area (TPSA) is 44.8 Å². The molecule has 0 aliphatic heterocycles. The second-order valence-electron chi connectivity index (χ2n) is 3.33. The highest BCUT2D eigenvalue weighted by molar-refractivity contribution is 6.33. The molecule has 0 aromatic heterocycles. The van der Waals surface area contributed by atoms with Gasteiger partial charge in [0.25, 0.3) is 5.78 Å². The standard InChI is InChI=1S/C11H10ClF3O4/c1-17-7-5(10(16)11(13,14)15)4-6(12)8(18-2)9(7)19-3/h4H,1-3H3. The van der Waals surface area contributed by atoms with Crippen molar-refractivity contribution in [3.05, 3.63) is 16.7 Å². The lowest BCUT2D eigenvalue weighted by atomic mass is 10.1. The van der Waals surface area contributed by atoms with E-state index < -0.39 is 17.5 Å². The third kappa shape index (κ3) is 2.86. The van der Waals surface area contributed by atoms with Crippen LogP contribution < -0.4 is 14.2 Å². The van der Waals surface area contributed by atoms with Crippen molar-refractivity contribution in [3.8, 4) is 17.2 Å². The molecule has 1 aromatic carbocycles. The van der Waals surface area contributed by atoms with Crippen molar-refractivity contribution in [1.82, 2.24) is 0 Å². The first-order chi connectivity index (χ1) is 8.77. The quantitative estimate of drug-likeness (QED) is 0.801. The van der Waals surface area contributed by atoms with Crippen molar-refractivity contribution >= 4 is 17.4 Å². The molecule has 8 heteroatoms. The van der Waals surface area contributed by atoms with Crippen LogP contribution in [0.2, 0.25) is 5.02 Å². The van der Waals surface area contributed by atoms with Crippen LogP contribution in [0.25, 0.3) is 0 Å². The number of hydrogen-bond donors (Lipinski definition) is 0. The second-order valence-corrected chi connectivity index (χ2v) is 3.74. The first-order valence-corrected chi connectivity index (χ1v) is 5.25. The summed E-state index contributed by atoms with van der Waals surface area (Å²) >= 11 is 5.76. The zero-order chi connectivity index (χ0) is 14.8. The Balaban J connectivity index is 3.58. The number of methoxy groups -OCH3 is 3. The van der Waals surface area contributed by atoms with E-state index in [9.17, 15) is 18.0 Å². The number of alkyl halides is 3. The lowest BCUT2D eigenvalue weighted by Gasteiger charge is -2.17. The van der Waals surface area contributed by atoms with Gasteiger partial charge in [0, 0.05) is 0 Å². The molecule has 0 atom stereocenters. The Morgan fingerprint density at radius 2 is 1.53 bits per heavy atom. The Morgan fingerprint density at radius 1 is 1.05 bits per heavy atom. The molecular formula is C11H10ClF3O4. The van der Waals surface area contributed by atoms with Gasteiger partial charge in [-0.3, -0.25) is 4.79 Å². The van der Waals surface area contributed by atoms with Gasteiger partial charge in [-0.25, -0.2) is 0 Å². The Labute approximate surface area is 112 Å². The molecule has 0 aliphatic rings. The molecule has 0 spiro atoms. The van der Waals surface area contributed by atoms with Crippen LogP contribution in [-0.4, -0.2) is 33.3 Å². The number of halogens is 4. The number of hydrogen-bond acceptors (Lipinski definition) is 4. The average Bonchev–Trinajstić information content (AvgIpc) is 2.35. The largest absolute Gasteiger partial charge is 0.492 e. The van der Waals surface area contributed by atoms with Crippen LogP contribution >= 0.6 is 11.6 Å². The highest BCUT2D eigenvalue weighted by Gasteiger charge is 2.42. The summed E-state index contributed by atoms with van der Waals surface area (Å²) in [6.07, 6.45) is -5.05. The number of ketones is 1. The Hall–Kier alpha value is -1.63. The number of rotatable bonds is 4. The number of ether oxygens (including phenoxy) is 3. The van der Waals surface area contributed by atoms with Crippen molar-refractivity contribution in [1.29, 1.82) is 0 Å². The maximum absolute atomic E-state index is 12.5. The Bertz CT molecular complexity index is 500. The van der Waals surface area contributed by atoms with Crippen LogP contribution in [0.4, 0.5) is 13.2 Å². The fraction of sp³-hybridized carbons (Fsp3) is 0.364. The van der Waals surface area contributed by atoms with E-state index in [0.717, 1.165) is 13.2 Å². The summed E-state index contributed by atoms with van der Waals surface area (Å²) in [5.41, 5.74) is -0.738. The molecule has 0 fully saturated rings. The molecule has 1 rings (SSSR count). The van der Waals surface area contributed by atoms with Gasteiger partial charge in [0.05, 0.1) is 31.9 Å².